The summed E-state index contributed by atoms with van der Waals surface area (Å²) < 4.78 is 10.5. The zero-order chi connectivity index (χ0) is 21.3. The van der Waals surface area contributed by atoms with Crippen LogP contribution < -0.4 is 10.6 Å². The first-order valence-corrected chi connectivity index (χ1v) is 9.95. The van der Waals surface area contributed by atoms with Crippen molar-refractivity contribution in [2.24, 2.45) is 5.92 Å². The number of piperidine rings is 1. The maximum absolute atomic E-state index is 12.3. The van der Waals surface area contributed by atoms with E-state index in [1.807, 2.05) is 51.1 Å². The minimum atomic E-state index is -0.527. The number of amides is 3. The Kier molecular flexibility index (Phi) is 8.30. The number of benzene rings is 1. The number of rotatable bonds is 6. The van der Waals surface area contributed by atoms with Gasteiger partial charge in [-0.1, -0.05) is 30.3 Å². The molecule has 0 spiro atoms. The van der Waals surface area contributed by atoms with Crippen LogP contribution in [-0.2, 0) is 20.9 Å². The predicted molar refractivity (Wildman–Crippen MR) is 108 cm³/mol. The molecule has 2 rings (SSSR count). The van der Waals surface area contributed by atoms with E-state index in [9.17, 15) is 14.4 Å². The van der Waals surface area contributed by atoms with Crippen LogP contribution in [0.5, 0.6) is 0 Å². The Bertz CT molecular complexity index is 679. The maximum atomic E-state index is 12.3. The smallest absolute Gasteiger partial charge is 0.410 e. The maximum Gasteiger partial charge on any atom is 0.410 e. The molecule has 0 unspecified atom stereocenters. The highest BCUT2D eigenvalue weighted by Crippen LogP contribution is 2.19. The van der Waals surface area contributed by atoms with Crippen molar-refractivity contribution >= 4 is 18.1 Å². The molecule has 0 bridgehead atoms. The van der Waals surface area contributed by atoms with Gasteiger partial charge in [-0.25, -0.2) is 9.59 Å². The molecule has 1 heterocycles. The van der Waals surface area contributed by atoms with Gasteiger partial charge in [-0.3, -0.25) is 4.79 Å². The molecule has 0 aromatic heterocycles. The second-order valence-corrected chi connectivity index (χ2v) is 8.02. The summed E-state index contributed by atoms with van der Waals surface area (Å²) in [4.78, 5) is 37.6. The molecule has 0 atom stereocenters. The predicted octanol–water partition coefficient (Wildman–Crippen LogP) is 2.68. The van der Waals surface area contributed by atoms with E-state index in [-0.39, 0.29) is 31.1 Å². The van der Waals surface area contributed by atoms with E-state index in [0.29, 0.717) is 32.5 Å². The third-order valence-electron chi connectivity index (χ3n) is 4.42. The largest absolute Gasteiger partial charge is 0.445 e. The van der Waals surface area contributed by atoms with Crippen LogP contribution in [0.25, 0.3) is 0 Å². The SMILES string of the molecule is CC(C)(C)OC(=O)N1CCC(C(=O)NCCNC(=O)OCc2ccccc2)CC1. The Morgan fingerprint density at radius 2 is 1.66 bits per heavy atom. The standard InChI is InChI=1S/C21H31N3O5/c1-21(2,3)29-20(27)24-13-9-17(10-14-24)18(25)22-11-12-23-19(26)28-15-16-7-5-4-6-8-16/h4-8,17H,9-15H2,1-3H3,(H,22,25)(H,23,26). The van der Waals surface area contributed by atoms with Gasteiger partial charge in [0.2, 0.25) is 5.91 Å². The molecule has 0 radical (unpaired) electrons. The van der Waals surface area contributed by atoms with E-state index < -0.39 is 11.7 Å². The Labute approximate surface area is 171 Å². The zero-order valence-corrected chi connectivity index (χ0v) is 17.4. The van der Waals surface area contributed by atoms with Crippen LogP contribution in [0.1, 0.15) is 39.2 Å². The Morgan fingerprint density at radius 1 is 1.03 bits per heavy atom. The molecule has 1 aliphatic heterocycles. The lowest BCUT2D eigenvalue weighted by Crippen LogP contribution is -2.45. The lowest BCUT2D eigenvalue weighted by molar-refractivity contribution is -0.126. The number of likely N-dealkylation sites (tertiary alicyclic amines) is 1. The topological polar surface area (TPSA) is 97.0 Å². The van der Waals surface area contributed by atoms with Crippen molar-refractivity contribution in [3.8, 4) is 0 Å². The van der Waals surface area contributed by atoms with Crippen LogP contribution in [0.2, 0.25) is 0 Å². The third-order valence-corrected chi connectivity index (χ3v) is 4.42. The molecule has 0 aliphatic carbocycles. The number of carbonyl (C=O) groups excluding carboxylic acids is 3. The van der Waals surface area contributed by atoms with Gasteiger partial charge in [0.25, 0.3) is 0 Å². The number of alkyl carbamates (subject to hydrolysis) is 1. The van der Waals surface area contributed by atoms with Gasteiger partial charge in [-0.05, 0) is 39.2 Å². The minimum absolute atomic E-state index is 0.0618. The van der Waals surface area contributed by atoms with E-state index >= 15 is 0 Å². The summed E-state index contributed by atoms with van der Waals surface area (Å²) in [6.07, 6.45) is 0.332. The minimum Gasteiger partial charge on any atom is -0.445 e. The molecule has 1 aromatic carbocycles. The van der Waals surface area contributed by atoms with Crippen LogP contribution in [0.3, 0.4) is 0 Å². The number of carbonyl (C=O) groups is 3. The van der Waals surface area contributed by atoms with Crippen LogP contribution in [0.15, 0.2) is 30.3 Å². The molecule has 0 saturated carbocycles. The molecule has 1 fully saturated rings. The molecule has 3 amide bonds. The van der Waals surface area contributed by atoms with Crippen molar-refractivity contribution < 1.29 is 23.9 Å². The van der Waals surface area contributed by atoms with E-state index in [1.165, 1.54) is 0 Å². The molecule has 8 nitrogen and oxygen atoms in total. The zero-order valence-electron chi connectivity index (χ0n) is 17.4. The fourth-order valence-corrected chi connectivity index (χ4v) is 2.92. The van der Waals surface area contributed by atoms with Crippen LogP contribution in [-0.4, -0.2) is 54.8 Å². The Hall–Kier alpha value is -2.77. The van der Waals surface area contributed by atoms with Gasteiger partial charge in [0.05, 0.1) is 0 Å². The number of nitrogens with one attached hydrogen (secondary N) is 2. The van der Waals surface area contributed by atoms with Crippen molar-refractivity contribution in [2.75, 3.05) is 26.2 Å². The van der Waals surface area contributed by atoms with Crippen molar-refractivity contribution in [1.29, 1.82) is 0 Å². The summed E-state index contributed by atoms with van der Waals surface area (Å²) in [6, 6.07) is 9.41. The first-order chi connectivity index (χ1) is 13.7. The van der Waals surface area contributed by atoms with Gasteiger partial charge in [-0.2, -0.15) is 0 Å². The molecular weight excluding hydrogens is 374 g/mol. The summed E-state index contributed by atoms with van der Waals surface area (Å²) in [5.41, 5.74) is 0.384. The van der Waals surface area contributed by atoms with E-state index in [4.69, 9.17) is 9.47 Å². The average molecular weight is 405 g/mol. The quantitative estimate of drug-likeness (QED) is 0.709. The van der Waals surface area contributed by atoms with Crippen molar-refractivity contribution in [3.05, 3.63) is 35.9 Å². The van der Waals surface area contributed by atoms with Crippen LogP contribution >= 0.6 is 0 Å². The highest BCUT2D eigenvalue weighted by Gasteiger charge is 2.29. The summed E-state index contributed by atoms with van der Waals surface area (Å²) in [7, 11) is 0. The van der Waals surface area contributed by atoms with Gasteiger partial charge in [0.1, 0.15) is 12.2 Å². The van der Waals surface area contributed by atoms with Crippen molar-refractivity contribution in [1.82, 2.24) is 15.5 Å². The second-order valence-electron chi connectivity index (χ2n) is 8.02. The van der Waals surface area contributed by atoms with E-state index in [0.717, 1.165) is 5.56 Å². The van der Waals surface area contributed by atoms with E-state index in [1.54, 1.807) is 4.90 Å². The Morgan fingerprint density at radius 3 is 2.28 bits per heavy atom. The van der Waals surface area contributed by atoms with Crippen LogP contribution in [0, 0.1) is 5.92 Å². The number of nitrogens with zero attached hydrogens (tertiary/aromatic N) is 1. The average Bonchev–Trinajstić information content (AvgIpc) is 2.69. The Balaban J connectivity index is 1.58. The van der Waals surface area contributed by atoms with Gasteiger partial charge in [-0.15, -0.1) is 0 Å². The van der Waals surface area contributed by atoms with E-state index in [2.05, 4.69) is 10.6 Å². The third kappa shape index (κ3) is 8.41. The van der Waals surface area contributed by atoms with Gasteiger partial charge in [0.15, 0.2) is 0 Å². The van der Waals surface area contributed by atoms with Crippen LogP contribution in [0.4, 0.5) is 9.59 Å². The fraction of sp³-hybridized carbons (Fsp3) is 0.571. The fourth-order valence-electron chi connectivity index (χ4n) is 2.92. The molecule has 1 saturated heterocycles. The summed E-state index contributed by atoms with van der Waals surface area (Å²) >= 11 is 0. The summed E-state index contributed by atoms with van der Waals surface area (Å²) in [5.74, 6) is -0.202. The van der Waals surface area contributed by atoms with Gasteiger partial charge in [0, 0.05) is 32.1 Å². The molecule has 1 aromatic rings. The highest BCUT2D eigenvalue weighted by molar-refractivity contribution is 5.79. The lowest BCUT2D eigenvalue weighted by atomic mass is 9.96. The summed E-state index contributed by atoms with van der Waals surface area (Å²) in [5, 5.41) is 5.43. The summed E-state index contributed by atoms with van der Waals surface area (Å²) in [6.45, 7) is 7.30. The number of hydrogen-bond donors (Lipinski definition) is 2. The second kappa shape index (κ2) is 10.7. The van der Waals surface area contributed by atoms with Gasteiger partial charge < -0.3 is 25.0 Å². The molecule has 29 heavy (non-hydrogen) atoms. The number of hydrogen-bond acceptors (Lipinski definition) is 5. The van der Waals surface area contributed by atoms with Crippen molar-refractivity contribution in [3.63, 3.8) is 0 Å². The highest BCUT2D eigenvalue weighted by atomic mass is 16.6. The molecular formula is C21H31N3O5. The number of ether oxygens (including phenoxy) is 2. The first-order valence-electron chi connectivity index (χ1n) is 9.95. The molecule has 1 aliphatic rings. The molecule has 160 valence electrons. The molecule has 8 heteroatoms. The molecule has 2 N–H and O–H groups in total. The monoisotopic (exact) mass is 405 g/mol. The first kappa shape index (κ1) is 22.5. The normalized spacial score (nSPS) is 14.8. The van der Waals surface area contributed by atoms with Gasteiger partial charge >= 0.3 is 12.2 Å². The van der Waals surface area contributed by atoms with Crippen molar-refractivity contribution in [2.45, 2.75) is 45.8 Å². The lowest BCUT2D eigenvalue weighted by Gasteiger charge is -2.32.